The molecule has 0 N–H and O–H groups in total. The zero-order valence-corrected chi connectivity index (χ0v) is 15.6. The fourth-order valence-corrected chi connectivity index (χ4v) is 2.73. The molecule has 0 heterocycles. The Bertz CT molecular complexity index is 67.5. The Kier molecular flexibility index (Phi) is 38.7. The van der Waals surface area contributed by atoms with E-state index in [-0.39, 0.29) is 17.6 Å². The van der Waals surface area contributed by atoms with Gasteiger partial charge in [-0.25, -0.2) is 0 Å². The van der Waals surface area contributed by atoms with Crippen molar-refractivity contribution in [3.63, 3.8) is 0 Å². The maximum atomic E-state index is 4.71. The van der Waals surface area contributed by atoms with Gasteiger partial charge in [-0.15, -0.1) is 0 Å². The van der Waals surface area contributed by atoms with E-state index < -0.39 is 0 Å². The second-order valence-corrected chi connectivity index (χ2v) is 6.12. The molecule has 0 aromatic carbocycles. The van der Waals surface area contributed by atoms with Gasteiger partial charge in [-0.1, -0.05) is 0 Å². The first-order valence-corrected chi connectivity index (χ1v) is 8.93. The van der Waals surface area contributed by atoms with E-state index in [4.69, 9.17) is 50.5 Å². The van der Waals surface area contributed by atoms with Crippen LogP contribution in [0.4, 0.5) is 0 Å². The molecular formula is C8H16GeS6-4. The Balaban J connectivity index is -0.000000180. The van der Waals surface area contributed by atoms with Crippen LogP contribution in [-0.4, -0.2) is 63.6 Å². The fourth-order valence-electron chi connectivity index (χ4n) is 0.440. The summed E-state index contributed by atoms with van der Waals surface area (Å²) >= 11 is 22.5. The van der Waals surface area contributed by atoms with E-state index in [2.05, 4.69) is 0 Å². The minimum atomic E-state index is 0. The summed E-state index contributed by atoms with van der Waals surface area (Å²) in [6.07, 6.45) is 0. The normalized spacial score (nSPS) is 8.80. The summed E-state index contributed by atoms with van der Waals surface area (Å²) in [6.45, 7) is 0. The van der Waals surface area contributed by atoms with Crippen molar-refractivity contribution in [3.05, 3.63) is 0 Å². The molecule has 0 spiro atoms. The van der Waals surface area contributed by atoms with Gasteiger partial charge < -0.3 is 50.5 Å². The summed E-state index contributed by atoms with van der Waals surface area (Å²) in [4.78, 5) is 0. The van der Waals surface area contributed by atoms with Crippen LogP contribution in [-0.2, 0) is 50.5 Å². The number of hydrogen-bond donors (Lipinski definition) is 0. The Morgan fingerprint density at radius 1 is 0.533 bits per heavy atom. The molecule has 15 heavy (non-hydrogen) atoms. The fraction of sp³-hybridized carbons (Fsp3) is 1.00. The van der Waals surface area contributed by atoms with Crippen LogP contribution in [0.3, 0.4) is 0 Å². The maximum absolute atomic E-state index is 4.71. The minimum Gasteiger partial charge on any atom is -0.792 e. The van der Waals surface area contributed by atoms with Crippen LogP contribution < -0.4 is 0 Å². The molecular weight excluding hydrogens is 361 g/mol. The second kappa shape index (κ2) is 25.5. The van der Waals surface area contributed by atoms with E-state index in [0.29, 0.717) is 0 Å². The molecule has 4 radical (unpaired) electrons. The van der Waals surface area contributed by atoms with E-state index in [1.54, 1.807) is 0 Å². The van der Waals surface area contributed by atoms with E-state index in [1.807, 2.05) is 23.5 Å². The average molecular weight is 377 g/mol. The van der Waals surface area contributed by atoms with Crippen LogP contribution in [0.2, 0.25) is 0 Å². The smallest absolute Gasteiger partial charge is 0 e. The van der Waals surface area contributed by atoms with E-state index in [9.17, 15) is 0 Å². The molecule has 0 aliphatic rings. The number of hydrogen-bond acceptors (Lipinski definition) is 6. The van der Waals surface area contributed by atoms with Crippen molar-refractivity contribution < 1.29 is 0 Å². The molecule has 0 aliphatic heterocycles. The maximum Gasteiger partial charge on any atom is 0 e. The largest absolute Gasteiger partial charge is 0.792 e. The van der Waals surface area contributed by atoms with Crippen LogP contribution in [0.15, 0.2) is 0 Å². The predicted molar refractivity (Wildman–Crippen MR) is 89.3 cm³/mol. The molecule has 0 fully saturated rings. The third kappa shape index (κ3) is 31.5. The second-order valence-electron chi connectivity index (χ2n) is 2.04. The molecule has 0 aliphatic carbocycles. The Morgan fingerprint density at radius 3 is 0.867 bits per heavy atom. The first kappa shape index (κ1) is 22.8. The van der Waals surface area contributed by atoms with Gasteiger partial charge in [0.1, 0.15) is 0 Å². The predicted octanol–water partition coefficient (Wildman–Crippen LogP) is 1.25. The van der Waals surface area contributed by atoms with Gasteiger partial charge in [0.25, 0.3) is 0 Å². The summed E-state index contributed by atoms with van der Waals surface area (Å²) in [7, 11) is 0. The Morgan fingerprint density at radius 2 is 0.733 bits per heavy atom. The van der Waals surface area contributed by atoms with Crippen LogP contribution in [0.25, 0.3) is 0 Å². The van der Waals surface area contributed by atoms with E-state index in [0.717, 1.165) is 46.0 Å². The van der Waals surface area contributed by atoms with Crippen molar-refractivity contribution in [1.29, 1.82) is 0 Å². The van der Waals surface area contributed by atoms with Crippen LogP contribution in [0.5, 0.6) is 0 Å². The molecule has 0 nitrogen and oxygen atoms in total. The quantitative estimate of drug-likeness (QED) is 0.352. The van der Waals surface area contributed by atoms with Crippen LogP contribution in [0.1, 0.15) is 0 Å². The van der Waals surface area contributed by atoms with E-state index >= 15 is 0 Å². The van der Waals surface area contributed by atoms with Gasteiger partial charge in [-0.2, -0.15) is 46.5 Å². The Labute approximate surface area is 136 Å². The molecule has 0 saturated carbocycles. The number of thioether (sulfide) groups is 2. The van der Waals surface area contributed by atoms with Crippen molar-refractivity contribution in [2.45, 2.75) is 0 Å². The average Bonchev–Trinajstić information content (AvgIpc) is 2.21. The van der Waals surface area contributed by atoms with Gasteiger partial charge in [0.05, 0.1) is 0 Å². The molecule has 0 bridgehead atoms. The first-order chi connectivity index (χ1) is 6.83. The van der Waals surface area contributed by atoms with Crippen molar-refractivity contribution in [2.75, 3.05) is 46.0 Å². The van der Waals surface area contributed by atoms with E-state index in [1.165, 1.54) is 0 Å². The molecule has 0 unspecified atom stereocenters. The van der Waals surface area contributed by atoms with Crippen LogP contribution >= 0.6 is 23.5 Å². The Hall–Kier alpha value is 2.64. The molecule has 0 rings (SSSR count). The van der Waals surface area contributed by atoms with Gasteiger partial charge in [0.2, 0.25) is 0 Å². The monoisotopic (exact) mass is 378 g/mol. The van der Waals surface area contributed by atoms with Crippen molar-refractivity contribution in [2.24, 2.45) is 0 Å². The zero-order valence-electron chi connectivity index (χ0n) is 8.61. The molecule has 0 aromatic rings. The standard InChI is InChI=1S/2C4H10S3.Ge/c2*5-1-3-7-4-2-6;/h2*5-6H,1-4H2;/p-4. The summed E-state index contributed by atoms with van der Waals surface area (Å²) in [5, 5.41) is 0. The summed E-state index contributed by atoms with van der Waals surface area (Å²) in [5.74, 6) is 7.80. The molecule has 92 valence electrons. The van der Waals surface area contributed by atoms with Crippen molar-refractivity contribution in [1.82, 2.24) is 0 Å². The van der Waals surface area contributed by atoms with Gasteiger partial charge in [-0.3, -0.25) is 0 Å². The first-order valence-electron chi connectivity index (χ1n) is 4.31. The minimum absolute atomic E-state index is 0. The van der Waals surface area contributed by atoms with Gasteiger partial charge >= 0.3 is 0 Å². The zero-order chi connectivity index (χ0) is 11.1. The topological polar surface area (TPSA) is 0 Å². The summed E-state index contributed by atoms with van der Waals surface area (Å²) in [5.41, 5.74) is 0. The SMILES string of the molecule is [Ge].[S-]CCSCC[S-].[S-]CCSCC[S-]. The van der Waals surface area contributed by atoms with Gasteiger partial charge in [0, 0.05) is 17.6 Å². The van der Waals surface area contributed by atoms with Crippen LogP contribution in [0, 0.1) is 0 Å². The van der Waals surface area contributed by atoms with Gasteiger partial charge in [-0.05, 0) is 23.0 Å². The van der Waals surface area contributed by atoms with Crippen molar-refractivity contribution in [3.8, 4) is 0 Å². The van der Waals surface area contributed by atoms with Gasteiger partial charge in [0.15, 0.2) is 0 Å². The molecule has 0 aromatic heterocycles. The third-order valence-corrected chi connectivity index (χ3v) is 4.73. The third-order valence-electron chi connectivity index (χ3n) is 0.911. The molecule has 0 atom stereocenters. The molecule has 0 saturated heterocycles. The van der Waals surface area contributed by atoms with Crippen molar-refractivity contribution >= 4 is 91.6 Å². The summed E-state index contributed by atoms with van der Waals surface area (Å²) in [6, 6.07) is 0. The summed E-state index contributed by atoms with van der Waals surface area (Å²) < 4.78 is 0. The molecule has 0 amide bonds. The number of rotatable bonds is 8. The molecule has 7 heteroatoms.